The minimum absolute atomic E-state index is 0.160. The molecule has 2 aromatic heterocycles. The van der Waals surface area contributed by atoms with Crippen molar-refractivity contribution in [2.75, 3.05) is 6.61 Å². The van der Waals surface area contributed by atoms with Gasteiger partial charge in [0.2, 0.25) is 0 Å². The Morgan fingerprint density at radius 3 is 2.79 bits per heavy atom. The first-order valence-electron chi connectivity index (χ1n) is 6.26. The smallest absolute Gasteiger partial charge is 0.160 e. The molecule has 0 fully saturated rings. The number of ether oxygens (including phenoxy) is 1. The van der Waals surface area contributed by atoms with E-state index in [0.29, 0.717) is 13.2 Å². The molecule has 0 saturated heterocycles. The molecule has 6 heteroatoms. The lowest BCUT2D eigenvalue weighted by atomic mass is 10.4. The standard InChI is InChI=1S/C13H17BrClN3O/c1-8(2)19-5-4-18-12(9(3)15)17-11-6-10(14)7-16-13(11)18/h6-9H,4-5H2,1-3H3. The van der Waals surface area contributed by atoms with Crippen LogP contribution in [0.1, 0.15) is 32.0 Å². The Bertz CT molecular complexity index is 568. The van der Waals surface area contributed by atoms with Crippen LogP contribution in [-0.2, 0) is 11.3 Å². The number of hydrogen-bond donors (Lipinski definition) is 0. The van der Waals surface area contributed by atoms with E-state index >= 15 is 0 Å². The second-order valence-electron chi connectivity index (χ2n) is 4.65. The molecular formula is C13H17BrClN3O. The van der Waals surface area contributed by atoms with Gasteiger partial charge in [0.1, 0.15) is 11.3 Å². The summed E-state index contributed by atoms with van der Waals surface area (Å²) in [4.78, 5) is 8.97. The lowest BCUT2D eigenvalue weighted by molar-refractivity contribution is 0.0728. The number of halogens is 2. The molecule has 0 aromatic carbocycles. The van der Waals surface area contributed by atoms with Gasteiger partial charge in [-0.15, -0.1) is 11.6 Å². The van der Waals surface area contributed by atoms with Crippen LogP contribution < -0.4 is 0 Å². The zero-order valence-corrected chi connectivity index (χ0v) is 13.6. The Kier molecular flexibility index (Phi) is 4.81. The van der Waals surface area contributed by atoms with Crippen LogP contribution in [0.25, 0.3) is 11.2 Å². The van der Waals surface area contributed by atoms with Gasteiger partial charge >= 0.3 is 0 Å². The third kappa shape index (κ3) is 3.46. The maximum absolute atomic E-state index is 6.20. The summed E-state index contributed by atoms with van der Waals surface area (Å²) in [6.45, 7) is 7.28. The third-order valence-corrected chi connectivity index (χ3v) is 3.33. The van der Waals surface area contributed by atoms with Gasteiger partial charge in [-0.05, 0) is 42.8 Å². The Labute approximate surface area is 126 Å². The van der Waals surface area contributed by atoms with E-state index in [-0.39, 0.29) is 11.5 Å². The predicted octanol–water partition coefficient (Wildman–Crippen LogP) is 3.92. The monoisotopic (exact) mass is 345 g/mol. The lowest BCUT2D eigenvalue weighted by Crippen LogP contribution is -2.13. The van der Waals surface area contributed by atoms with Crippen molar-refractivity contribution in [1.29, 1.82) is 0 Å². The van der Waals surface area contributed by atoms with Crippen molar-refractivity contribution in [3.8, 4) is 0 Å². The minimum atomic E-state index is -0.160. The summed E-state index contributed by atoms with van der Waals surface area (Å²) in [7, 11) is 0. The first-order valence-corrected chi connectivity index (χ1v) is 7.49. The van der Waals surface area contributed by atoms with Gasteiger partial charge in [0.15, 0.2) is 5.65 Å². The molecule has 104 valence electrons. The molecule has 0 aliphatic heterocycles. The van der Waals surface area contributed by atoms with E-state index in [4.69, 9.17) is 16.3 Å². The van der Waals surface area contributed by atoms with E-state index in [1.165, 1.54) is 0 Å². The number of alkyl halides is 1. The van der Waals surface area contributed by atoms with Crippen LogP contribution in [-0.4, -0.2) is 27.2 Å². The van der Waals surface area contributed by atoms with Gasteiger partial charge in [0.05, 0.1) is 18.1 Å². The summed E-state index contributed by atoms with van der Waals surface area (Å²) < 4.78 is 8.54. The van der Waals surface area contributed by atoms with Gasteiger partial charge in [0, 0.05) is 17.2 Å². The number of aromatic nitrogens is 3. The summed E-state index contributed by atoms with van der Waals surface area (Å²) in [5, 5.41) is -0.160. The van der Waals surface area contributed by atoms with Crippen LogP contribution in [0.3, 0.4) is 0 Å². The summed E-state index contributed by atoms with van der Waals surface area (Å²) in [5.74, 6) is 0.828. The van der Waals surface area contributed by atoms with Gasteiger partial charge < -0.3 is 9.30 Å². The van der Waals surface area contributed by atoms with Gasteiger partial charge in [-0.1, -0.05) is 0 Å². The molecule has 1 atom stereocenters. The average molecular weight is 347 g/mol. The highest BCUT2D eigenvalue weighted by atomic mass is 79.9. The number of imidazole rings is 1. The molecular weight excluding hydrogens is 330 g/mol. The first-order chi connectivity index (χ1) is 8.99. The second-order valence-corrected chi connectivity index (χ2v) is 6.22. The molecule has 2 rings (SSSR count). The molecule has 0 aliphatic carbocycles. The van der Waals surface area contributed by atoms with Crippen LogP contribution in [0.4, 0.5) is 0 Å². The molecule has 0 saturated carbocycles. The van der Waals surface area contributed by atoms with Gasteiger partial charge in [-0.2, -0.15) is 0 Å². The predicted molar refractivity (Wildman–Crippen MR) is 80.6 cm³/mol. The van der Waals surface area contributed by atoms with Crippen LogP contribution in [0.2, 0.25) is 0 Å². The van der Waals surface area contributed by atoms with Crippen molar-refractivity contribution in [2.45, 2.75) is 38.8 Å². The van der Waals surface area contributed by atoms with Gasteiger partial charge in [0.25, 0.3) is 0 Å². The van der Waals surface area contributed by atoms with E-state index in [1.54, 1.807) is 6.20 Å². The molecule has 0 amide bonds. The van der Waals surface area contributed by atoms with E-state index < -0.39 is 0 Å². The van der Waals surface area contributed by atoms with Crippen molar-refractivity contribution in [3.05, 3.63) is 22.6 Å². The van der Waals surface area contributed by atoms with Crippen LogP contribution in [0.5, 0.6) is 0 Å². The molecule has 4 nitrogen and oxygen atoms in total. The Hall–Kier alpha value is -0.650. The van der Waals surface area contributed by atoms with Crippen molar-refractivity contribution in [3.63, 3.8) is 0 Å². The summed E-state index contributed by atoms with van der Waals surface area (Å²) in [5.41, 5.74) is 1.69. The molecule has 0 aliphatic rings. The molecule has 0 N–H and O–H groups in total. The van der Waals surface area contributed by atoms with Crippen LogP contribution >= 0.6 is 27.5 Å². The van der Waals surface area contributed by atoms with E-state index in [2.05, 4.69) is 25.9 Å². The second kappa shape index (κ2) is 6.20. The number of pyridine rings is 1. The molecule has 2 aromatic rings. The molecule has 0 spiro atoms. The maximum atomic E-state index is 6.20. The first kappa shape index (κ1) is 14.8. The number of fused-ring (bicyclic) bond motifs is 1. The van der Waals surface area contributed by atoms with Crippen molar-refractivity contribution < 1.29 is 4.74 Å². The zero-order chi connectivity index (χ0) is 14.0. The zero-order valence-electron chi connectivity index (χ0n) is 11.2. The SMILES string of the molecule is CC(C)OCCn1c(C(C)Cl)nc2cc(Br)cnc21. The molecule has 0 bridgehead atoms. The molecule has 2 heterocycles. The fourth-order valence-corrected chi connectivity index (χ4v) is 2.39. The largest absolute Gasteiger partial charge is 0.377 e. The summed E-state index contributed by atoms with van der Waals surface area (Å²) in [6.07, 6.45) is 1.99. The molecule has 1 unspecified atom stereocenters. The topological polar surface area (TPSA) is 39.9 Å². The highest BCUT2D eigenvalue weighted by Crippen LogP contribution is 2.25. The fraction of sp³-hybridized carbons (Fsp3) is 0.538. The number of nitrogens with zero attached hydrogens (tertiary/aromatic N) is 3. The quantitative estimate of drug-likeness (QED) is 0.770. The van der Waals surface area contributed by atoms with Crippen molar-refractivity contribution >= 4 is 38.7 Å². The van der Waals surface area contributed by atoms with Crippen molar-refractivity contribution in [2.24, 2.45) is 0 Å². The number of hydrogen-bond acceptors (Lipinski definition) is 3. The van der Waals surface area contributed by atoms with Crippen LogP contribution in [0.15, 0.2) is 16.7 Å². The average Bonchev–Trinajstić information content (AvgIpc) is 2.67. The van der Waals surface area contributed by atoms with Crippen molar-refractivity contribution in [1.82, 2.24) is 14.5 Å². The highest BCUT2D eigenvalue weighted by molar-refractivity contribution is 9.10. The fourth-order valence-electron chi connectivity index (χ4n) is 1.91. The Morgan fingerprint density at radius 1 is 1.42 bits per heavy atom. The summed E-state index contributed by atoms with van der Waals surface area (Å²) in [6, 6.07) is 1.95. The maximum Gasteiger partial charge on any atom is 0.160 e. The van der Waals surface area contributed by atoms with Crippen LogP contribution in [0, 0.1) is 0 Å². The van der Waals surface area contributed by atoms with E-state index in [1.807, 2.05) is 31.4 Å². The van der Waals surface area contributed by atoms with E-state index in [0.717, 1.165) is 21.5 Å². The Morgan fingerprint density at radius 2 is 2.16 bits per heavy atom. The van der Waals surface area contributed by atoms with E-state index in [9.17, 15) is 0 Å². The third-order valence-electron chi connectivity index (χ3n) is 2.70. The molecule has 19 heavy (non-hydrogen) atoms. The normalized spacial score (nSPS) is 13.4. The Balaban J connectivity index is 2.35. The minimum Gasteiger partial charge on any atom is -0.377 e. The van der Waals surface area contributed by atoms with Gasteiger partial charge in [-0.3, -0.25) is 0 Å². The molecule has 0 radical (unpaired) electrons. The summed E-state index contributed by atoms with van der Waals surface area (Å²) >= 11 is 9.60. The highest BCUT2D eigenvalue weighted by Gasteiger charge is 2.16. The lowest BCUT2D eigenvalue weighted by Gasteiger charge is -2.11. The van der Waals surface area contributed by atoms with Gasteiger partial charge in [-0.25, -0.2) is 9.97 Å². The number of rotatable bonds is 5.